The number of benzene rings is 1. The molecule has 1 heterocycles. The quantitative estimate of drug-likeness (QED) is 0.763. The number of nitrogens with one attached hydrogen (secondary N) is 2. The van der Waals surface area contributed by atoms with E-state index >= 15 is 0 Å². The SMILES string of the molecule is COCC(COC)n1cc(CNC(=O)Nc2ccccc2F)nn1. The summed E-state index contributed by atoms with van der Waals surface area (Å²) in [6.45, 7) is 1.02. The number of ether oxygens (including phenoxy) is 2. The van der Waals surface area contributed by atoms with Crippen LogP contribution in [0.4, 0.5) is 14.9 Å². The number of nitrogens with zero attached hydrogens (tertiary/aromatic N) is 3. The molecule has 0 aliphatic rings. The van der Waals surface area contributed by atoms with Crippen LogP contribution in [0.25, 0.3) is 0 Å². The molecule has 0 unspecified atom stereocenters. The molecule has 0 fully saturated rings. The zero-order valence-electron chi connectivity index (χ0n) is 13.5. The van der Waals surface area contributed by atoms with Gasteiger partial charge >= 0.3 is 6.03 Å². The largest absolute Gasteiger partial charge is 0.382 e. The van der Waals surface area contributed by atoms with Crippen molar-refractivity contribution < 1.29 is 18.7 Å². The molecule has 0 aliphatic heterocycles. The number of carbonyl (C=O) groups excluding carboxylic acids is 1. The maximum Gasteiger partial charge on any atom is 0.319 e. The molecule has 0 bridgehead atoms. The van der Waals surface area contributed by atoms with Gasteiger partial charge in [-0.25, -0.2) is 13.9 Å². The van der Waals surface area contributed by atoms with E-state index in [0.717, 1.165) is 0 Å². The average Bonchev–Trinajstić information content (AvgIpc) is 3.04. The summed E-state index contributed by atoms with van der Waals surface area (Å²) in [5.74, 6) is -0.499. The third kappa shape index (κ3) is 5.00. The van der Waals surface area contributed by atoms with Crippen molar-refractivity contribution in [1.82, 2.24) is 20.3 Å². The summed E-state index contributed by atoms with van der Waals surface area (Å²) in [7, 11) is 3.18. The van der Waals surface area contributed by atoms with Gasteiger partial charge in [0.25, 0.3) is 0 Å². The Kier molecular flexibility index (Phi) is 6.64. The second-order valence-corrected chi connectivity index (χ2v) is 5.04. The molecule has 130 valence electrons. The smallest absolute Gasteiger partial charge is 0.319 e. The lowest BCUT2D eigenvalue weighted by atomic mass is 10.3. The molecular formula is C15H20FN5O3. The minimum atomic E-state index is -0.528. The molecule has 0 radical (unpaired) electrons. The lowest BCUT2D eigenvalue weighted by Crippen LogP contribution is -2.28. The van der Waals surface area contributed by atoms with Crippen molar-refractivity contribution in [2.75, 3.05) is 32.8 Å². The lowest BCUT2D eigenvalue weighted by molar-refractivity contribution is 0.0830. The number of methoxy groups -OCH3 is 2. The van der Waals surface area contributed by atoms with Crippen LogP contribution in [0.3, 0.4) is 0 Å². The Labute approximate surface area is 138 Å². The standard InChI is InChI=1S/C15H20FN5O3/c1-23-9-12(10-24-2)21-8-11(19-20-21)7-17-15(22)18-14-6-4-3-5-13(14)16/h3-6,8,12H,7,9-10H2,1-2H3,(H2,17,18,22). The summed E-state index contributed by atoms with van der Waals surface area (Å²) < 4.78 is 25.3. The minimum absolute atomic E-state index is 0.103. The Morgan fingerprint density at radius 2 is 2.00 bits per heavy atom. The summed E-state index contributed by atoms with van der Waals surface area (Å²) in [6.07, 6.45) is 1.70. The van der Waals surface area contributed by atoms with E-state index in [2.05, 4.69) is 20.9 Å². The summed E-state index contributed by atoms with van der Waals surface area (Å²) >= 11 is 0. The molecule has 2 amide bonds. The summed E-state index contributed by atoms with van der Waals surface area (Å²) in [6, 6.07) is 5.30. The zero-order valence-corrected chi connectivity index (χ0v) is 13.5. The first-order chi connectivity index (χ1) is 11.6. The molecule has 0 atom stereocenters. The molecule has 1 aromatic heterocycles. The highest BCUT2D eigenvalue weighted by Crippen LogP contribution is 2.12. The van der Waals surface area contributed by atoms with Crippen molar-refractivity contribution in [2.24, 2.45) is 0 Å². The highest BCUT2D eigenvalue weighted by molar-refractivity contribution is 5.89. The van der Waals surface area contributed by atoms with Gasteiger partial charge < -0.3 is 20.1 Å². The fourth-order valence-corrected chi connectivity index (χ4v) is 2.06. The molecule has 1 aromatic carbocycles. The van der Waals surface area contributed by atoms with E-state index in [4.69, 9.17) is 9.47 Å². The number of rotatable bonds is 8. The summed E-state index contributed by atoms with van der Waals surface area (Å²) in [4.78, 5) is 11.8. The van der Waals surface area contributed by atoms with Crippen LogP contribution in [0.1, 0.15) is 11.7 Å². The van der Waals surface area contributed by atoms with Gasteiger partial charge in [0, 0.05) is 14.2 Å². The molecule has 2 aromatic rings. The fourth-order valence-electron chi connectivity index (χ4n) is 2.06. The van der Waals surface area contributed by atoms with E-state index in [1.165, 1.54) is 12.1 Å². The van der Waals surface area contributed by atoms with Gasteiger partial charge in [0.15, 0.2) is 0 Å². The Hall–Kier alpha value is -2.52. The molecule has 8 nitrogen and oxygen atoms in total. The fraction of sp³-hybridized carbons (Fsp3) is 0.400. The first-order valence-corrected chi connectivity index (χ1v) is 7.32. The number of carbonyl (C=O) groups is 1. The molecule has 0 spiro atoms. The van der Waals surface area contributed by atoms with Crippen LogP contribution < -0.4 is 10.6 Å². The maximum absolute atomic E-state index is 13.5. The predicted molar refractivity (Wildman–Crippen MR) is 85.1 cm³/mol. The topological polar surface area (TPSA) is 90.3 Å². The summed E-state index contributed by atoms with van der Waals surface area (Å²) in [5, 5.41) is 13.0. The Morgan fingerprint density at radius 3 is 2.67 bits per heavy atom. The van der Waals surface area contributed by atoms with Gasteiger partial charge in [-0.3, -0.25) is 0 Å². The van der Waals surface area contributed by atoms with Crippen LogP contribution >= 0.6 is 0 Å². The highest BCUT2D eigenvalue weighted by Gasteiger charge is 2.13. The van der Waals surface area contributed by atoms with Gasteiger partial charge in [0.2, 0.25) is 0 Å². The number of hydrogen-bond acceptors (Lipinski definition) is 5. The number of anilines is 1. The Morgan fingerprint density at radius 1 is 1.29 bits per heavy atom. The molecule has 24 heavy (non-hydrogen) atoms. The van der Waals surface area contributed by atoms with E-state index in [9.17, 15) is 9.18 Å². The number of urea groups is 1. The number of hydrogen-bond donors (Lipinski definition) is 2. The van der Waals surface area contributed by atoms with Crippen LogP contribution in [0.5, 0.6) is 0 Å². The Bertz CT molecular complexity index is 658. The van der Waals surface area contributed by atoms with E-state index in [1.54, 1.807) is 37.2 Å². The van der Waals surface area contributed by atoms with Gasteiger partial charge in [-0.15, -0.1) is 5.10 Å². The number of aromatic nitrogens is 3. The monoisotopic (exact) mass is 337 g/mol. The molecule has 0 saturated carbocycles. The van der Waals surface area contributed by atoms with Crippen LogP contribution in [0.2, 0.25) is 0 Å². The van der Waals surface area contributed by atoms with Crippen LogP contribution in [-0.2, 0) is 16.0 Å². The molecule has 9 heteroatoms. The van der Waals surface area contributed by atoms with Crippen LogP contribution in [0, 0.1) is 5.82 Å². The normalized spacial score (nSPS) is 10.8. The van der Waals surface area contributed by atoms with Gasteiger partial charge in [0.1, 0.15) is 17.6 Å². The van der Waals surface area contributed by atoms with Gasteiger partial charge in [0.05, 0.1) is 31.6 Å². The van der Waals surface area contributed by atoms with Crippen molar-refractivity contribution in [3.63, 3.8) is 0 Å². The van der Waals surface area contributed by atoms with Crippen molar-refractivity contribution in [2.45, 2.75) is 12.6 Å². The first kappa shape index (κ1) is 17.8. The van der Waals surface area contributed by atoms with Gasteiger partial charge in [-0.2, -0.15) is 0 Å². The molecular weight excluding hydrogens is 317 g/mol. The maximum atomic E-state index is 13.5. The summed E-state index contributed by atoms with van der Waals surface area (Å²) in [5.41, 5.74) is 0.676. The van der Waals surface area contributed by atoms with Gasteiger partial charge in [-0.05, 0) is 12.1 Å². The number of para-hydroxylation sites is 1. The molecule has 2 N–H and O–H groups in total. The second-order valence-electron chi connectivity index (χ2n) is 5.04. The van der Waals surface area contributed by atoms with E-state index in [-0.39, 0.29) is 18.3 Å². The third-order valence-electron chi connectivity index (χ3n) is 3.20. The van der Waals surface area contributed by atoms with Crippen molar-refractivity contribution >= 4 is 11.7 Å². The van der Waals surface area contributed by atoms with Crippen LogP contribution in [-0.4, -0.2) is 48.5 Å². The van der Waals surface area contributed by atoms with E-state index < -0.39 is 11.8 Å². The second kappa shape index (κ2) is 8.94. The molecule has 0 aliphatic carbocycles. The van der Waals surface area contributed by atoms with Crippen molar-refractivity contribution in [3.05, 3.63) is 42.0 Å². The first-order valence-electron chi connectivity index (χ1n) is 7.32. The average molecular weight is 337 g/mol. The van der Waals surface area contributed by atoms with Crippen molar-refractivity contribution in [1.29, 1.82) is 0 Å². The van der Waals surface area contributed by atoms with Crippen molar-refractivity contribution in [3.8, 4) is 0 Å². The predicted octanol–water partition coefficient (Wildman–Crippen LogP) is 1.57. The van der Waals surface area contributed by atoms with E-state index in [0.29, 0.717) is 18.9 Å². The molecule has 0 saturated heterocycles. The molecule has 2 rings (SSSR count). The van der Waals surface area contributed by atoms with Gasteiger partial charge in [-0.1, -0.05) is 17.3 Å². The third-order valence-corrected chi connectivity index (χ3v) is 3.20. The number of halogens is 1. The van der Waals surface area contributed by atoms with E-state index in [1.807, 2.05) is 0 Å². The van der Waals surface area contributed by atoms with Crippen LogP contribution in [0.15, 0.2) is 30.5 Å². The number of amides is 2. The zero-order chi connectivity index (χ0) is 17.4. The lowest BCUT2D eigenvalue weighted by Gasteiger charge is -2.14. The Balaban J connectivity index is 1.88. The highest BCUT2D eigenvalue weighted by atomic mass is 19.1. The minimum Gasteiger partial charge on any atom is -0.382 e.